The SMILES string of the molecule is Cc1c(I)cccc1C(=O)NCC1CNC1. The summed E-state index contributed by atoms with van der Waals surface area (Å²) < 4.78 is 1.13. The fourth-order valence-corrected chi connectivity index (χ4v) is 2.18. The molecule has 16 heavy (non-hydrogen) atoms. The van der Waals surface area contributed by atoms with Gasteiger partial charge in [-0.15, -0.1) is 0 Å². The molecule has 1 aliphatic rings. The summed E-state index contributed by atoms with van der Waals surface area (Å²) in [4.78, 5) is 11.9. The fourth-order valence-electron chi connectivity index (χ4n) is 1.68. The molecule has 1 heterocycles. The van der Waals surface area contributed by atoms with E-state index in [0.717, 1.165) is 34.3 Å². The van der Waals surface area contributed by atoms with Crippen molar-refractivity contribution in [1.29, 1.82) is 0 Å². The molecule has 4 heteroatoms. The van der Waals surface area contributed by atoms with Gasteiger partial charge in [0.05, 0.1) is 0 Å². The van der Waals surface area contributed by atoms with Gasteiger partial charge in [-0.3, -0.25) is 4.79 Å². The molecule has 0 bridgehead atoms. The first kappa shape index (κ1) is 11.9. The summed E-state index contributed by atoms with van der Waals surface area (Å²) in [5.74, 6) is 0.648. The van der Waals surface area contributed by atoms with Crippen LogP contribution in [0.3, 0.4) is 0 Å². The van der Waals surface area contributed by atoms with Crippen LogP contribution < -0.4 is 10.6 Å². The number of benzene rings is 1. The molecule has 1 aliphatic heterocycles. The van der Waals surface area contributed by atoms with Crippen molar-refractivity contribution in [3.63, 3.8) is 0 Å². The fraction of sp³-hybridized carbons (Fsp3) is 0.417. The Hall–Kier alpha value is -0.620. The van der Waals surface area contributed by atoms with Crippen molar-refractivity contribution in [2.45, 2.75) is 6.92 Å². The van der Waals surface area contributed by atoms with E-state index in [1.54, 1.807) is 0 Å². The maximum absolute atomic E-state index is 11.9. The average Bonchev–Trinajstić information content (AvgIpc) is 2.19. The quantitative estimate of drug-likeness (QED) is 0.826. The zero-order valence-corrected chi connectivity index (χ0v) is 11.4. The molecule has 1 fully saturated rings. The summed E-state index contributed by atoms with van der Waals surface area (Å²) in [6, 6.07) is 5.82. The highest BCUT2D eigenvalue weighted by molar-refractivity contribution is 14.1. The highest BCUT2D eigenvalue weighted by Crippen LogP contribution is 2.15. The van der Waals surface area contributed by atoms with Crippen LogP contribution in [0.1, 0.15) is 15.9 Å². The molecule has 0 radical (unpaired) electrons. The van der Waals surface area contributed by atoms with Crippen LogP contribution in [0.2, 0.25) is 0 Å². The van der Waals surface area contributed by atoms with E-state index in [1.807, 2.05) is 25.1 Å². The minimum absolute atomic E-state index is 0.0444. The molecule has 0 saturated carbocycles. The van der Waals surface area contributed by atoms with Crippen LogP contribution in [0.5, 0.6) is 0 Å². The van der Waals surface area contributed by atoms with E-state index in [-0.39, 0.29) is 5.91 Å². The molecule has 0 aromatic heterocycles. The predicted octanol–water partition coefficient (Wildman–Crippen LogP) is 1.55. The first-order chi connectivity index (χ1) is 7.68. The first-order valence-corrected chi connectivity index (χ1v) is 6.50. The lowest BCUT2D eigenvalue weighted by atomic mass is 10.0. The van der Waals surface area contributed by atoms with Gasteiger partial charge in [-0.1, -0.05) is 6.07 Å². The maximum Gasteiger partial charge on any atom is 0.251 e. The lowest BCUT2D eigenvalue weighted by Crippen LogP contribution is -2.48. The van der Waals surface area contributed by atoms with Crippen molar-refractivity contribution in [3.8, 4) is 0 Å². The molecular weight excluding hydrogens is 315 g/mol. The second kappa shape index (κ2) is 5.14. The van der Waals surface area contributed by atoms with E-state index >= 15 is 0 Å². The molecular formula is C12H15IN2O. The lowest BCUT2D eigenvalue weighted by molar-refractivity contribution is 0.0941. The molecule has 0 aliphatic carbocycles. The number of rotatable bonds is 3. The van der Waals surface area contributed by atoms with Gasteiger partial charge in [0.15, 0.2) is 0 Å². The highest BCUT2D eigenvalue weighted by atomic mass is 127. The van der Waals surface area contributed by atoms with Gasteiger partial charge in [0.2, 0.25) is 0 Å². The van der Waals surface area contributed by atoms with Gasteiger partial charge in [0.25, 0.3) is 5.91 Å². The molecule has 3 nitrogen and oxygen atoms in total. The molecule has 1 aromatic rings. The molecule has 2 N–H and O–H groups in total. The van der Waals surface area contributed by atoms with Gasteiger partial charge >= 0.3 is 0 Å². The third-order valence-corrected chi connectivity index (χ3v) is 4.10. The Morgan fingerprint density at radius 3 is 2.94 bits per heavy atom. The summed E-state index contributed by atoms with van der Waals surface area (Å²) in [5, 5.41) is 6.18. The van der Waals surface area contributed by atoms with Crippen LogP contribution in [0.4, 0.5) is 0 Å². The second-order valence-electron chi connectivity index (χ2n) is 4.15. The van der Waals surface area contributed by atoms with Crippen LogP contribution in [-0.4, -0.2) is 25.5 Å². The first-order valence-electron chi connectivity index (χ1n) is 5.42. The van der Waals surface area contributed by atoms with Crippen LogP contribution in [-0.2, 0) is 0 Å². The molecule has 1 saturated heterocycles. The third kappa shape index (κ3) is 2.55. The standard InChI is InChI=1S/C12H15IN2O/c1-8-10(3-2-4-11(8)13)12(16)15-7-9-5-14-6-9/h2-4,9,14H,5-7H2,1H3,(H,15,16). The van der Waals surface area contributed by atoms with Crippen molar-refractivity contribution < 1.29 is 4.79 Å². The minimum Gasteiger partial charge on any atom is -0.352 e. The summed E-state index contributed by atoms with van der Waals surface area (Å²) >= 11 is 2.25. The topological polar surface area (TPSA) is 41.1 Å². The zero-order valence-electron chi connectivity index (χ0n) is 9.22. The average molecular weight is 330 g/mol. The van der Waals surface area contributed by atoms with Gasteiger partial charge in [-0.05, 0) is 47.2 Å². The van der Waals surface area contributed by atoms with E-state index < -0.39 is 0 Å². The van der Waals surface area contributed by atoms with Crippen molar-refractivity contribution >= 4 is 28.5 Å². The van der Waals surface area contributed by atoms with E-state index in [2.05, 4.69) is 33.2 Å². The normalized spacial score (nSPS) is 15.6. The van der Waals surface area contributed by atoms with Gasteiger partial charge in [0, 0.05) is 34.7 Å². The number of carbonyl (C=O) groups is 1. The monoisotopic (exact) mass is 330 g/mol. The number of nitrogens with one attached hydrogen (secondary N) is 2. The molecule has 0 unspecified atom stereocenters. The summed E-state index contributed by atoms with van der Waals surface area (Å²) in [6.45, 7) is 4.80. The van der Waals surface area contributed by atoms with Crippen molar-refractivity contribution in [2.24, 2.45) is 5.92 Å². The van der Waals surface area contributed by atoms with Gasteiger partial charge in [-0.2, -0.15) is 0 Å². The van der Waals surface area contributed by atoms with E-state index in [0.29, 0.717) is 5.92 Å². The predicted molar refractivity (Wildman–Crippen MR) is 72.6 cm³/mol. The van der Waals surface area contributed by atoms with E-state index in [9.17, 15) is 4.79 Å². The molecule has 1 amide bonds. The van der Waals surface area contributed by atoms with E-state index in [1.165, 1.54) is 0 Å². The maximum atomic E-state index is 11.9. The molecule has 0 spiro atoms. The van der Waals surface area contributed by atoms with Crippen LogP contribution in [0, 0.1) is 16.4 Å². The van der Waals surface area contributed by atoms with E-state index in [4.69, 9.17) is 0 Å². The Bertz CT molecular complexity index is 402. The Morgan fingerprint density at radius 2 is 2.31 bits per heavy atom. The largest absolute Gasteiger partial charge is 0.352 e. The number of halogens is 1. The van der Waals surface area contributed by atoms with Crippen LogP contribution in [0.25, 0.3) is 0 Å². The zero-order chi connectivity index (χ0) is 11.5. The molecule has 0 atom stereocenters. The van der Waals surface area contributed by atoms with Crippen molar-refractivity contribution in [1.82, 2.24) is 10.6 Å². The Kier molecular flexibility index (Phi) is 3.81. The summed E-state index contributed by atoms with van der Waals surface area (Å²) in [7, 11) is 0. The molecule has 86 valence electrons. The Labute approximate surface area is 109 Å². The Balaban J connectivity index is 1.99. The molecule has 1 aromatic carbocycles. The van der Waals surface area contributed by atoms with Gasteiger partial charge in [-0.25, -0.2) is 0 Å². The van der Waals surface area contributed by atoms with Crippen LogP contribution in [0.15, 0.2) is 18.2 Å². The van der Waals surface area contributed by atoms with Gasteiger partial charge in [0.1, 0.15) is 0 Å². The smallest absolute Gasteiger partial charge is 0.251 e. The molecule has 2 rings (SSSR count). The lowest BCUT2D eigenvalue weighted by Gasteiger charge is -2.27. The summed E-state index contributed by atoms with van der Waals surface area (Å²) in [5.41, 5.74) is 1.85. The number of hydrogen-bond donors (Lipinski definition) is 2. The minimum atomic E-state index is 0.0444. The van der Waals surface area contributed by atoms with Gasteiger partial charge < -0.3 is 10.6 Å². The third-order valence-electron chi connectivity index (χ3n) is 2.93. The van der Waals surface area contributed by atoms with Crippen LogP contribution >= 0.6 is 22.6 Å². The van der Waals surface area contributed by atoms with Crippen molar-refractivity contribution in [3.05, 3.63) is 32.9 Å². The summed E-state index contributed by atoms with van der Waals surface area (Å²) in [6.07, 6.45) is 0. The number of carbonyl (C=O) groups excluding carboxylic acids is 1. The Morgan fingerprint density at radius 1 is 1.56 bits per heavy atom. The second-order valence-corrected chi connectivity index (χ2v) is 5.31. The number of hydrogen-bond acceptors (Lipinski definition) is 2. The highest BCUT2D eigenvalue weighted by Gasteiger charge is 2.18. The van der Waals surface area contributed by atoms with Crippen molar-refractivity contribution in [2.75, 3.05) is 19.6 Å². The number of amides is 1.